The number of nitrogens with one attached hydrogen (secondary N) is 2. The van der Waals surface area contributed by atoms with Crippen LogP contribution in [0.3, 0.4) is 0 Å². The van der Waals surface area contributed by atoms with Crippen LogP contribution < -0.4 is 16.4 Å². The Kier molecular flexibility index (Phi) is 5.34. The minimum atomic E-state index is -0.821. The first-order valence-electron chi connectivity index (χ1n) is 6.34. The molecular formula is C13H19N5O3. The van der Waals surface area contributed by atoms with Crippen LogP contribution in [0.25, 0.3) is 0 Å². The van der Waals surface area contributed by atoms with Crippen molar-refractivity contribution in [1.82, 2.24) is 20.6 Å². The molecule has 0 saturated heterocycles. The fourth-order valence-corrected chi connectivity index (χ4v) is 1.59. The third-order valence-corrected chi connectivity index (χ3v) is 2.66. The predicted octanol–water partition coefficient (Wildman–Crippen LogP) is -0.777. The zero-order chi connectivity index (χ0) is 16.0. The fraction of sp³-hybridized carbons (Fsp3) is 0.462. The van der Waals surface area contributed by atoms with Gasteiger partial charge in [0.2, 0.25) is 11.8 Å². The normalized spacial score (nSPS) is 12.3. The first-order valence-corrected chi connectivity index (χ1v) is 6.34. The minimum absolute atomic E-state index is 0.104. The molecule has 21 heavy (non-hydrogen) atoms. The second kappa shape index (κ2) is 6.78. The largest absolute Gasteiger partial charge is 0.368 e. The summed E-state index contributed by atoms with van der Waals surface area (Å²) in [5, 5.41) is 4.89. The van der Waals surface area contributed by atoms with Gasteiger partial charge in [-0.15, -0.1) is 0 Å². The van der Waals surface area contributed by atoms with Gasteiger partial charge in [-0.2, -0.15) is 0 Å². The quantitative estimate of drug-likeness (QED) is 0.656. The molecule has 1 unspecified atom stereocenters. The number of aromatic nitrogens is 2. The lowest BCUT2D eigenvalue weighted by molar-refractivity contribution is -0.129. The Morgan fingerprint density at radius 3 is 2.43 bits per heavy atom. The first-order chi connectivity index (χ1) is 9.71. The van der Waals surface area contributed by atoms with Crippen molar-refractivity contribution in [3.05, 3.63) is 24.3 Å². The van der Waals surface area contributed by atoms with Crippen LogP contribution in [0.4, 0.5) is 0 Å². The van der Waals surface area contributed by atoms with Crippen molar-refractivity contribution in [2.24, 2.45) is 11.1 Å². The van der Waals surface area contributed by atoms with Crippen LogP contribution in [0.1, 0.15) is 31.3 Å². The van der Waals surface area contributed by atoms with E-state index in [-0.39, 0.29) is 12.2 Å². The summed E-state index contributed by atoms with van der Waals surface area (Å²) in [6.45, 7) is 5.05. The summed E-state index contributed by atoms with van der Waals surface area (Å²) in [4.78, 5) is 42.4. The Labute approximate surface area is 122 Å². The number of nitrogens with zero attached hydrogens (tertiary/aromatic N) is 2. The van der Waals surface area contributed by atoms with Gasteiger partial charge in [-0.3, -0.25) is 19.4 Å². The minimum Gasteiger partial charge on any atom is -0.368 e. The van der Waals surface area contributed by atoms with Crippen molar-refractivity contribution < 1.29 is 14.4 Å². The number of hydrogen-bond acceptors (Lipinski definition) is 5. The maximum atomic E-state index is 11.8. The molecule has 0 aliphatic carbocycles. The molecule has 1 aromatic rings. The van der Waals surface area contributed by atoms with Crippen LogP contribution in [-0.4, -0.2) is 40.3 Å². The molecule has 1 heterocycles. The number of carbonyl (C=O) groups excluding carboxylic acids is 3. The zero-order valence-corrected chi connectivity index (χ0v) is 12.2. The molecule has 0 fully saturated rings. The van der Waals surface area contributed by atoms with Gasteiger partial charge in [-0.05, 0) is 5.41 Å². The van der Waals surface area contributed by atoms with Gasteiger partial charge in [0.25, 0.3) is 5.91 Å². The van der Waals surface area contributed by atoms with E-state index in [1.54, 1.807) is 20.8 Å². The van der Waals surface area contributed by atoms with Crippen LogP contribution in [0, 0.1) is 5.41 Å². The van der Waals surface area contributed by atoms with E-state index < -0.39 is 29.2 Å². The molecular weight excluding hydrogens is 274 g/mol. The van der Waals surface area contributed by atoms with Gasteiger partial charge < -0.3 is 16.4 Å². The third kappa shape index (κ3) is 5.17. The van der Waals surface area contributed by atoms with Crippen molar-refractivity contribution in [2.75, 3.05) is 6.54 Å². The number of carbonyl (C=O) groups is 3. The molecule has 3 amide bonds. The van der Waals surface area contributed by atoms with E-state index in [1.165, 1.54) is 18.6 Å². The van der Waals surface area contributed by atoms with Gasteiger partial charge in [-0.1, -0.05) is 20.8 Å². The SMILES string of the molecule is CC(C)(C)C(NC(=O)CNC(=O)c1cnccn1)C(N)=O. The van der Waals surface area contributed by atoms with Gasteiger partial charge in [0.1, 0.15) is 11.7 Å². The summed E-state index contributed by atoms with van der Waals surface area (Å²) >= 11 is 0. The van der Waals surface area contributed by atoms with Gasteiger partial charge >= 0.3 is 0 Å². The smallest absolute Gasteiger partial charge is 0.271 e. The third-order valence-electron chi connectivity index (χ3n) is 2.66. The fourth-order valence-electron chi connectivity index (χ4n) is 1.59. The summed E-state index contributed by atoms with van der Waals surface area (Å²) in [5.41, 5.74) is 4.85. The summed E-state index contributed by atoms with van der Waals surface area (Å²) < 4.78 is 0. The zero-order valence-electron chi connectivity index (χ0n) is 12.2. The summed E-state index contributed by atoms with van der Waals surface area (Å²) in [5.74, 6) is -1.66. The van der Waals surface area contributed by atoms with Crippen molar-refractivity contribution in [2.45, 2.75) is 26.8 Å². The van der Waals surface area contributed by atoms with E-state index in [4.69, 9.17) is 5.73 Å². The summed E-state index contributed by atoms with van der Waals surface area (Å²) in [6, 6.07) is -0.821. The van der Waals surface area contributed by atoms with Gasteiger partial charge in [0.05, 0.1) is 12.7 Å². The Balaban J connectivity index is 2.54. The molecule has 0 radical (unpaired) electrons. The molecule has 0 aliphatic heterocycles. The molecule has 114 valence electrons. The number of amides is 3. The Morgan fingerprint density at radius 2 is 1.95 bits per heavy atom. The van der Waals surface area contributed by atoms with Crippen LogP contribution in [0.2, 0.25) is 0 Å². The van der Waals surface area contributed by atoms with Gasteiger partial charge in [-0.25, -0.2) is 4.98 Å². The molecule has 0 aromatic carbocycles. The van der Waals surface area contributed by atoms with Gasteiger partial charge in [0.15, 0.2) is 0 Å². The average Bonchev–Trinajstić information content (AvgIpc) is 2.41. The molecule has 1 rings (SSSR count). The van der Waals surface area contributed by atoms with E-state index in [0.717, 1.165) is 0 Å². The second-order valence-electron chi connectivity index (χ2n) is 5.54. The number of nitrogens with two attached hydrogens (primary N) is 1. The van der Waals surface area contributed by atoms with E-state index >= 15 is 0 Å². The first kappa shape index (κ1) is 16.5. The van der Waals surface area contributed by atoms with Crippen molar-refractivity contribution in [3.8, 4) is 0 Å². The molecule has 1 atom stereocenters. The summed E-state index contributed by atoms with van der Waals surface area (Å²) in [6.07, 6.45) is 4.09. The van der Waals surface area contributed by atoms with E-state index in [0.29, 0.717) is 0 Å². The van der Waals surface area contributed by atoms with Crippen LogP contribution >= 0.6 is 0 Å². The number of rotatable bonds is 5. The molecule has 4 N–H and O–H groups in total. The van der Waals surface area contributed by atoms with E-state index in [1.807, 2.05) is 0 Å². The Bertz CT molecular complexity index is 524. The van der Waals surface area contributed by atoms with Crippen LogP contribution in [0.15, 0.2) is 18.6 Å². The highest BCUT2D eigenvalue weighted by molar-refractivity contribution is 5.95. The topological polar surface area (TPSA) is 127 Å². The van der Waals surface area contributed by atoms with Crippen molar-refractivity contribution in [1.29, 1.82) is 0 Å². The Hall–Kier alpha value is -2.51. The second-order valence-corrected chi connectivity index (χ2v) is 5.54. The number of hydrogen-bond donors (Lipinski definition) is 3. The maximum absolute atomic E-state index is 11.8. The van der Waals surface area contributed by atoms with Gasteiger partial charge in [0, 0.05) is 12.4 Å². The molecule has 0 spiro atoms. The molecule has 8 nitrogen and oxygen atoms in total. The van der Waals surface area contributed by atoms with Crippen LogP contribution in [-0.2, 0) is 9.59 Å². The molecule has 0 saturated carbocycles. The van der Waals surface area contributed by atoms with Crippen LogP contribution in [0.5, 0.6) is 0 Å². The predicted molar refractivity (Wildman–Crippen MR) is 74.9 cm³/mol. The van der Waals surface area contributed by atoms with E-state index in [2.05, 4.69) is 20.6 Å². The highest BCUT2D eigenvalue weighted by Crippen LogP contribution is 2.18. The van der Waals surface area contributed by atoms with E-state index in [9.17, 15) is 14.4 Å². The maximum Gasteiger partial charge on any atom is 0.271 e. The highest BCUT2D eigenvalue weighted by atomic mass is 16.2. The monoisotopic (exact) mass is 293 g/mol. The van der Waals surface area contributed by atoms with Crippen molar-refractivity contribution >= 4 is 17.7 Å². The molecule has 1 aromatic heterocycles. The summed E-state index contributed by atoms with van der Waals surface area (Å²) in [7, 11) is 0. The Morgan fingerprint density at radius 1 is 1.29 bits per heavy atom. The number of primary amides is 1. The molecule has 8 heteroatoms. The lowest BCUT2D eigenvalue weighted by atomic mass is 9.86. The lowest BCUT2D eigenvalue weighted by Crippen LogP contribution is -2.54. The average molecular weight is 293 g/mol. The molecule has 0 bridgehead atoms. The lowest BCUT2D eigenvalue weighted by Gasteiger charge is -2.28. The standard InChI is InChI=1S/C13H19N5O3/c1-13(2,3)10(11(14)20)18-9(19)7-17-12(21)8-6-15-4-5-16-8/h4-6,10H,7H2,1-3H3,(H2,14,20)(H,17,21)(H,18,19). The van der Waals surface area contributed by atoms with Crippen molar-refractivity contribution in [3.63, 3.8) is 0 Å². The highest BCUT2D eigenvalue weighted by Gasteiger charge is 2.30. The molecule has 0 aliphatic rings.